The molecule has 0 fully saturated rings. The standard InChI is InChI=1S/C20H18O5/c1-12(21)13(2)24-20-18(22)16-6-4-5-7-17(16)25-19(20)14-8-10-15(23-3)11-9-14/h4-11,13H,1-3H3/t13-/m1/s1. The van der Waals surface area contributed by atoms with E-state index in [9.17, 15) is 9.59 Å². The Balaban J connectivity index is 2.23. The van der Waals surface area contributed by atoms with E-state index in [4.69, 9.17) is 13.9 Å². The minimum atomic E-state index is -0.749. The first-order valence-electron chi connectivity index (χ1n) is 7.88. The zero-order chi connectivity index (χ0) is 18.0. The maximum absolute atomic E-state index is 12.9. The molecule has 1 aromatic heterocycles. The Morgan fingerprint density at radius 2 is 1.76 bits per heavy atom. The average molecular weight is 338 g/mol. The molecule has 0 saturated carbocycles. The van der Waals surface area contributed by atoms with E-state index in [1.165, 1.54) is 6.92 Å². The molecular weight excluding hydrogens is 320 g/mol. The molecular formula is C20H18O5. The molecule has 1 atom stereocenters. The molecule has 0 spiro atoms. The number of rotatable bonds is 5. The molecule has 0 aliphatic rings. The minimum Gasteiger partial charge on any atom is -0.497 e. The van der Waals surface area contributed by atoms with Crippen LogP contribution in [0.2, 0.25) is 0 Å². The van der Waals surface area contributed by atoms with Crippen molar-refractivity contribution in [2.45, 2.75) is 20.0 Å². The summed E-state index contributed by atoms with van der Waals surface area (Å²) in [7, 11) is 1.58. The largest absolute Gasteiger partial charge is 0.497 e. The maximum atomic E-state index is 12.9. The Morgan fingerprint density at radius 3 is 2.40 bits per heavy atom. The van der Waals surface area contributed by atoms with Crippen LogP contribution in [0.3, 0.4) is 0 Å². The predicted molar refractivity (Wildman–Crippen MR) is 95.2 cm³/mol. The number of hydrogen-bond acceptors (Lipinski definition) is 5. The Kier molecular flexibility index (Phi) is 4.57. The molecule has 0 saturated heterocycles. The van der Waals surface area contributed by atoms with Gasteiger partial charge in [0.05, 0.1) is 12.5 Å². The van der Waals surface area contributed by atoms with Crippen molar-refractivity contribution in [2.75, 3.05) is 7.11 Å². The van der Waals surface area contributed by atoms with Crippen LogP contribution >= 0.6 is 0 Å². The highest BCUT2D eigenvalue weighted by molar-refractivity contribution is 5.83. The molecule has 0 amide bonds. The second-order valence-corrected chi connectivity index (χ2v) is 5.68. The zero-order valence-corrected chi connectivity index (χ0v) is 14.2. The lowest BCUT2D eigenvalue weighted by Crippen LogP contribution is -2.24. The molecule has 0 unspecified atom stereocenters. The normalized spacial score (nSPS) is 12.0. The molecule has 5 heteroatoms. The van der Waals surface area contributed by atoms with Crippen LogP contribution in [0, 0.1) is 0 Å². The molecule has 2 aromatic carbocycles. The Hall–Kier alpha value is -3.08. The summed E-state index contributed by atoms with van der Waals surface area (Å²) >= 11 is 0. The van der Waals surface area contributed by atoms with Gasteiger partial charge in [-0.1, -0.05) is 12.1 Å². The lowest BCUT2D eigenvalue weighted by Gasteiger charge is -2.15. The number of fused-ring (bicyclic) bond motifs is 1. The highest BCUT2D eigenvalue weighted by Crippen LogP contribution is 2.32. The van der Waals surface area contributed by atoms with Gasteiger partial charge in [-0.3, -0.25) is 9.59 Å². The Bertz CT molecular complexity index is 970. The summed E-state index contributed by atoms with van der Waals surface area (Å²) < 4.78 is 16.8. The lowest BCUT2D eigenvalue weighted by molar-refractivity contribution is -0.122. The number of hydrogen-bond donors (Lipinski definition) is 0. The summed E-state index contributed by atoms with van der Waals surface area (Å²) in [5.74, 6) is 0.839. The van der Waals surface area contributed by atoms with E-state index in [1.54, 1.807) is 62.6 Å². The first-order valence-corrected chi connectivity index (χ1v) is 7.88. The van der Waals surface area contributed by atoms with Crippen molar-refractivity contribution >= 4 is 16.8 Å². The van der Waals surface area contributed by atoms with Gasteiger partial charge in [0.2, 0.25) is 11.2 Å². The van der Waals surface area contributed by atoms with Gasteiger partial charge in [0, 0.05) is 5.56 Å². The first-order chi connectivity index (χ1) is 12.0. The highest BCUT2D eigenvalue weighted by Gasteiger charge is 2.21. The zero-order valence-electron chi connectivity index (χ0n) is 14.2. The Labute approximate surface area is 144 Å². The van der Waals surface area contributed by atoms with E-state index in [1.807, 2.05) is 0 Å². The quantitative estimate of drug-likeness (QED) is 0.707. The highest BCUT2D eigenvalue weighted by atomic mass is 16.5. The Morgan fingerprint density at radius 1 is 1.08 bits per heavy atom. The van der Waals surface area contributed by atoms with Crippen LogP contribution in [0.5, 0.6) is 11.5 Å². The van der Waals surface area contributed by atoms with E-state index in [0.29, 0.717) is 28.0 Å². The fourth-order valence-electron chi connectivity index (χ4n) is 2.42. The van der Waals surface area contributed by atoms with E-state index >= 15 is 0 Å². The number of para-hydroxylation sites is 1. The average Bonchev–Trinajstić information content (AvgIpc) is 2.63. The molecule has 5 nitrogen and oxygen atoms in total. The van der Waals surface area contributed by atoms with Gasteiger partial charge >= 0.3 is 0 Å². The second kappa shape index (κ2) is 6.81. The van der Waals surface area contributed by atoms with Gasteiger partial charge in [0.15, 0.2) is 17.6 Å². The van der Waals surface area contributed by atoms with Crippen LogP contribution in [0.25, 0.3) is 22.3 Å². The number of Topliss-reactive ketones (excluding diaryl/α,β-unsaturated/α-hetero) is 1. The van der Waals surface area contributed by atoms with Gasteiger partial charge < -0.3 is 13.9 Å². The van der Waals surface area contributed by atoms with Crippen molar-refractivity contribution in [3.63, 3.8) is 0 Å². The molecule has 3 aromatic rings. The van der Waals surface area contributed by atoms with Crippen molar-refractivity contribution in [3.8, 4) is 22.8 Å². The van der Waals surface area contributed by atoms with Gasteiger partial charge in [0.25, 0.3) is 0 Å². The monoisotopic (exact) mass is 338 g/mol. The van der Waals surface area contributed by atoms with Crippen LogP contribution in [-0.2, 0) is 4.79 Å². The van der Waals surface area contributed by atoms with E-state index in [-0.39, 0.29) is 17.0 Å². The van der Waals surface area contributed by atoms with Crippen LogP contribution in [-0.4, -0.2) is 19.0 Å². The van der Waals surface area contributed by atoms with Gasteiger partial charge in [-0.25, -0.2) is 0 Å². The smallest absolute Gasteiger partial charge is 0.235 e. The summed E-state index contributed by atoms with van der Waals surface area (Å²) in [6, 6.07) is 14.0. The number of benzene rings is 2. The van der Waals surface area contributed by atoms with Crippen LogP contribution in [0.15, 0.2) is 57.7 Å². The van der Waals surface area contributed by atoms with Crippen LogP contribution in [0.1, 0.15) is 13.8 Å². The fourth-order valence-corrected chi connectivity index (χ4v) is 2.42. The topological polar surface area (TPSA) is 65.7 Å². The summed E-state index contributed by atoms with van der Waals surface area (Å²) in [4.78, 5) is 24.5. The van der Waals surface area contributed by atoms with Crippen LogP contribution in [0.4, 0.5) is 0 Å². The van der Waals surface area contributed by atoms with Crippen molar-refractivity contribution in [1.29, 1.82) is 0 Å². The van der Waals surface area contributed by atoms with Crippen molar-refractivity contribution < 1.29 is 18.7 Å². The van der Waals surface area contributed by atoms with Gasteiger partial charge in [-0.05, 0) is 50.2 Å². The molecule has 128 valence electrons. The van der Waals surface area contributed by atoms with Crippen LogP contribution < -0.4 is 14.9 Å². The third-order valence-electron chi connectivity index (χ3n) is 3.98. The minimum absolute atomic E-state index is 0.0339. The molecule has 3 rings (SSSR count). The second-order valence-electron chi connectivity index (χ2n) is 5.68. The third kappa shape index (κ3) is 3.26. The van der Waals surface area contributed by atoms with Crippen molar-refractivity contribution in [3.05, 3.63) is 58.8 Å². The maximum Gasteiger partial charge on any atom is 0.235 e. The molecule has 25 heavy (non-hydrogen) atoms. The molecule has 0 radical (unpaired) electrons. The number of ether oxygens (including phenoxy) is 2. The molecule has 1 heterocycles. The lowest BCUT2D eigenvalue weighted by atomic mass is 10.1. The summed E-state index contributed by atoms with van der Waals surface area (Å²) in [6.07, 6.45) is -0.749. The SMILES string of the molecule is COc1ccc(-c2oc3ccccc3c(=O)c2O[C@H](C)C(C)=O)cc1. The van der Waals surface area contributed by atoms with Crippen molar-refractivity contribution in [1.82, 2.24) is 0 Å². The number of ketones is 1. The predicted octanol–water partition coefficient (Wildman–Crippen LogP) is 3.82. The fraction of sp³-hybridized carbons (Fsp3) is 0.200. The molecule has 0 aliphatic heterocycles. The van der Waals surface area contributed by atoms with Gasteiger partial charge in [-0.2, -0.15) is 0 Å². The van der Waals surface area contributed by atoms with E-state index < -0.39 is 6.10 Å². The van der Waals surface area contributed by atoms with E-state index in [0.717, 1.165) is 0 Å². The van der Waals surface area contributed by atoms with Crippen molar-refractivity contribution in [2.24, 2.45) is 0 Å². The van der Waals surface area contributed by atoms with Gasteiger partial charge in [0.1, 0.15) is 11.3 Å². The van der Waals surface area contributed by atoms with E-state index in [2.05, 4.69) is 0 Å². The number of carbonyl (C=O) groups is 1. The number of carbonyl (C=O) groups excluding carboxylic acids is 1. The molecule has 0 aliphatic carbocycles. The van der Waals surface area contributed by atoms with Gasteiger partial charge in [-0.15, -0.1) is 0 Å². The summed E-state index contributed by atoms with van der Waals surface area (Å²) in [5.41, 5.74) is 0.816. The number of methoxy groups -OCH3 is 1. The third-order valence-corrected chi connectivity index (χ3v) is 3.98. The molecule has 0 N–H and O–H groups in total. The first kappa shape index (κ1) is 16.8. The molecule has 0 bridgehead atoms. The summed E-state index contributed by atoms with van der Waals surface area (Å²) in [6.45, 7) is 3.02. The summed E-state index contributed by atoms with van der Waals surface area (Å²) in [5, 5.41) is 0.408.